The number of carbonyl (C=O) groups excluding carboxylic acids is 2. The standard InChI is InChI=1S/C27H35NO4/c1-5-21-16-27(21,25(30)32-26(2,3)4)28-24(29)19-13-14-22(15-19)31-17-20-11-8-10-18-9-6-7-12-23(18)20/h6-12,19,21-22H,5,13-17H2,1-4H3,(H,28,29)/t19-,21-,22-,27+/m0/s1. The number of rotatable bonds is 7. The zero-order valence-corrected chi connectivity index (χ0v) is 19.6. The SMILES string of the molecule is CC[C@H]1C[C@]1(NC(=O)[C@H]1CC[C@H](OCc2cccc3ccccc23)C1)C(=O)OC(C)(C)C. The number of hydrogen-bond acceptors (Lipinski definition) is 4. The lowest BCUT2D eigenvalue weighted by Crippen LogP contribution is -2.49. The maximum Gasteiger partial charge on any atom is 0.332 e. The van der Waals surface area contributed by atoms with E-state index in [1.54, 1.807) is 0 Å². The summed E-state index contributed by atoms with van der Waals surface area (Å²) in [4.78, 5) is 25.9. The lowest BCUT2D eigenvalue weighted by Gasteiger charge is -2.26. The highest BCUT2D eigenvalue weighted by atomic mass is 16.6. The summed E-state index contributed by atoms with van der Waals surface area (Å²) in [6, 6.07) is 14.6. The number of esters is 1. The zero-order chi connectivity index (χ0) is 22.9. The minimum Gasteiger partial charge on any atom is -0.458 e. The second kappa shape index (κ2) is 8.86. The second-order valence-electron chi connectivity index (χ2n) is 10.4. The molecule has 2 saturated carbocycles. The van der Waals surface area contributed by atoms with Gasteiger partial charge >= 0.3 is 5.97 Å². The number of hydrogen-bond donors (Lipinski definition) is 1. The lowest BCUT2D eigenvalue weighted by molar-refractivity contribution is -0.161. The summed E-state index contributed by atoms with van der Waals surface area (Å²) in [5.41, 5.74) is -0.242. The number of carbonyl (C=O) groups is 2. The minimum atomic E-state index is -0.846. The quantitative estimate of drug-likeness (QED) is 0.608. The molecule has 5 nitrogen and oxygen atoms in total. The summed E-state index contributed by atoms with van der Waals surface area (Å²) in [7, 11) is 0. The van der Waals surface area contributed by atoms with Crippen molar-refractivity contribution in [3.05, 3.63) is 48.0 Å². The van der Waals surface area contributed by atoms with Crippen molar-refractivity contribution in [1.29, 1.82) is 0 Å². The number of amides is 1. The predicted octanol–water partition coefficient (Wildman–Crippen LogP) is 5.15. The van der Waals surface area contributed by atoms with Gasteiger partial charge in [0.05, 0.1) is 12.7 Å². The van der Waals surface area contributed by atoms with Gasteiger partial charge in [0, 0.05) is 5.92 Å². The van der Waals surface area contributed by atoms with Crippen LogP contribution in [0.3, 0.4) is 0 Å². The van der Waals surface area contributed by atoms with Gasteiger partial charge < -0.3 is 14.8 Å². The van der Waals surface area contributed by atoms with Crippen LogP contribution in [-0.2, 0) is 25.7 Å². The molecule has 0 aromatic heterocycles. The maximum atomic E-state index is 13.1. The average Bonchev–Trinajstić information content (AvgIpc) is 3.26. The van der Waals surface area contributed by atoms with E-state index < -0.39 is 11.1 Å². The van der Waals surface area contributed by atoms with Crippen LogP contribution in [0.5, 0.6) is 0 Å². The van der Waals surface area contributed by atoms with Crippen molar-refractivity contribution in [2.75, 3.05) is 0 Å². The molecule has 0 spiro atoms. The van der Waals surface area contributed by atoms with Crippen LogP contribution in [0.2, 0.25) is 0 Å². The molecule has 172 valence electrons. The van der Waals surface area contributed by atoms with Crippen molar-refractivity contribution < 1.29 is 19.1 Å². The molecule has 2 aromatic carbocycles. The molecular formula is C27H35NO4. The Morgan fingerprint density at radius 2 is 1.84 bits per heavy atom. The third kappa shape index (κ3) is 4.83. The van der Waals surface area contributed by atoms with Crippen molar-refractivity contribution in [1.82, 2.24) is 5.32 Å². The third-order valence-electron chi connectivity index (χ3n) is 6.82. The van der Waals surface area contributed by atoms with Gasteiger partial charge in [-0.05, 0) is 68.7 Å². The number of benzene rings is 2. The van der Waals surface area contributed by atoms with E-state index >= 15 is 0 Å². The first-order chi connectivity index (χ1) is 15.2. The Hall–Kier alpha value is -2.40. The van der Waals surface area contributed by atoms with Crippen LogP contribution in [0.4, 0.5) is 0 Å². The Bertz CT molecular complexity index is 989. The van der Waals surface area contributed by atoms with Crippen LogP contribution in [0.25, 0.3) is 10.8 Å². The van der Waals surface area contributed by atoms with Gasteiger partial charge in [-0.15, -0.1) is 0 Å². The Labute approximate surface area is 190 Å². The van der Waals surface area contributed by atoms with E-state index in [9.17, 15) is 9.59 Å². The fourth-order valence-electron chi connectivity index (χ4n) is 4.92. The molecule has 0 aliphatic heterocycles. The molecule has 1 N–H and O–H groups in total. The molecule has 2 aliphatic rings. The molecule has 4 atom stereocenters. The summed E-state index contributed by atoms with van der Waals surface area (Å²) in [5.74, 6) is -0.305. The van der Waals surface area contributed by atoms with E-state index in [4.69, 9.17) is 9.47 Å². The minimum absolute atomic E-state index is 0.0388. The Balaban J connectivity index is 1.34. The number of ether oxygens (including phenoxy) is 2. The summed E-state index contributed by atoms with van der Waals surface area (Å²) in [5, 5.41) is 5.50. The molecule has 0 saturated heterocycles. The first-order valence-electron chi connectivity index (χ1n) is 11.9. The van der Waals surface area contributed by atoms with Crippen molar-refractivity contribution in [2.45, 2.75) is 83.6 Å². The van der Waals surface area contributed by atoms with Gasteiger partial charge in [-0.2, -0.15) is 0 Å². The Kier molecular flexibility index (Phi) is 6.30. The fraction of sp³-hybridized carbons (Fsp3) is 0.556. The normalized spacial score (nSPS) is 27.3. The fourth-order valence-corrected chi connectivity index (χ4v) is 4.92. The van der Waals surface area contributed by atoms with Gasteiger partial charge in [-0.1, -0.05) is 55.8 Å². The predicted molar refractivity (Wildman–Crippen MR) is 125 cm³/mol. The molecule has 5 heteroatoms. The Morgan fingerprint density at radius 1 is 1.09 bits per heavy atom. The Morgan fingerprint density at radius 3 is 2.56 bits per heavy atom. The van der Waals surface area contributed by atoms with Gasteiger partial charge in [-0.25, -0.2) is 4.79 Å². The van der Waals surface area contributed by atoms with Crippen molar-refractivity contribution in [3.63, 3.8) is 0 Å². The van der Waals surface area contributed by atoms with Crippen LogP contribution in [0.1, 0.15) is 65.4 Å². The first kappa shape index (κ1) is 22.8. The molecule has 2 fully saturated rings. The van der Waals surface area contributed by atoms with Gasteiger partial charge in [-0.3, -0.25) is 4.79 Å². The highest BCUT2D eigenvalue weighted by molar-refractivity contribution is 5.92. The van der Waals surface area contributed by atoms with Crippen molar-refractivity contribution >= 4 is 22.6 Å². The molecule has 0 bridgehead atoms. The molecule has 0 radical (unpaired) electrons. The van der Waals surface area contributed by atoms with E-state index in [0.29, 0.717) is 19.4 Å². The molecular weight excluding hydrogens is 402 g/mol. The van der Waals surface area contributed by atoms with E-state index in [-0.39, 0.29) is 29.8 Å². The van der Waals surface area contributed by atoms with Crippen LogP contribution in [-0.4, -0.2) is 29.1 Å². The third-order valence-corrected chi connectivity index (χ3v) is 6.82. The molecule has 1 amide bonds. The smallest absolute Gasteiger partial charge is 0.332 e. The maximum absolute atomic E-state index is 13.1. The molecule has 2 aromatic rings. The summed E-state index contributed by atoms with van der Waals surface area (Å²) >= 11 is 0. The number of fused-ring (bicyclic) bond motifs is 1. The van der Waals surface area contributed by atoms with Crippen LogP contribution >= 0.6 is 0 Å². The highest BCUT2D eigenvalue weighted by Crippen LogP contribution is 2.48. The van der Waals surface area contributed by atoms with Crippen LogP contribution in [0, 0.1) is 11.8 Å². The van der Waals surface area contributed by atoms with Gasteiger partial charge in [0.1, 0.15) is 11.1 Å². The zero-order valence-electron chi connectivity index (χ0n) is 19.6. The highest BCUT2D eigenvalue weighted by Gasteiger charge is 2.62. The summed E-state index contributed by atoms with van der Waals surface area (Å²) in [6.07, 6.45) is 3.91. The van der Waals surface area contributed by atoms with Crippen LogP contribution in [0.15, 0.2) is 42.5 Å². The molecule has 0 unspecified atom stereocenters. The van der Waals surface area contributed by atoms with Crippen molar-refractivity contribution in [3.8, 4) is 0 Å². The summed E-state index contributed by atoms with van der Waals surface area (Å²) < 4.78 is 11.8. The topological polar surface area (TPSA) is 64.6 Å². The largest absolute Gasteiger partial charge is 0.458 e. The van der Waals surface area contributed by atoms with Gasteiger partial charge in [0.15, 0.2) is 0 Å². The molecule has 32 heavy (non-hydrogen) atoms. The van der Waals surface area contributed by atoms with Gasteiger partial charge in [0.25, 0.3) is 0 Å². The first-order valence-corrected chi connectivity index (χ1v) is 11.9. The monoisotopic (exact) mass is 437 g/mol. The molecule has 0 heterocycles. The molecule has 2 aliphatic carbocycles. The van der Waals surface area contributed by atoms with E-state index in [2.05, 4.69) is 42.6 Å². The van der Waals surface area contributed by atoms with Crippen LogP contribution < -0.4 is 5.32 Å². The lowest BCUT2D eigenvalue weighted by atomic mass is 10.0. The average molecular weight is 438 g/mol. The number of nitrogens with one attached hydrogen (secondary N) is 1. The van der Waals surface area contributed by atoms with E-state index in [0.717, 1.165) is 19.3 Å². The van der Waals surface area contributed by atoms with E-state index in [1.165, 1.54) is 16.3 Å². The molecule has 4 rings (SSSR count). The second-order valence-corrected chi connectivity index (χ2v) is 10.4. The summed E-state index contributed by atoms with van der Waals surface area (Å²) in [6.45, 7) is 8.17. The van der Waals surface area contributed by atoms with Crippen molar-refractivity contribution in [2.24, 2.45) is 11.8 Å². The van der Waals surface area contributed by atoms with E-state index in [1.807, 2.05) is 32.9 Å². The van der Waals surface area contributed by atoms with Gasteiger partial charge in [0.2, 0.25) is 5.91 Å².